The summed E-state index contributed by atoms with van der Waals surface area (Å²) in [7, 11) is 3.37. The van der Waals surface area contributed by atoms with Crippen molar-refractivity contribution in [3.63, 3.8) is 0 Å². The van der Waals surface area contributed by atoms with Crippen LogP contribution in [0, 0.1) is 0 Å². The molecule has 0 aromatic rings. The van der Waals surface area contributed by atoms with Crippen LogP contribution in [0.5, 0.6) is 0 Å². The van der Waals surface area contributed by atoms with Crippen LogP contribution in [-0.2, 0) is 0 Å². The van der Waals surface area contributed by atoms with Crippen LogP contribution >= 0.6 is 40.2 Å². The maximum absolute atomic E-state index is 3.24. The van der Waals surface area contributed by atoms with E-state index in [1.165, 1.54) is 0 Å². The van der Waals surface area contributed by atoms with E-state index < -0.39 is 0 Å². The molecule has 0 saturated heterocycles. The molecule has 0 aliphatic rings. The van der Waals surface area contributed by atoms with Crippen molar-refractivity contribution in [2.45, 2.75) is 26.3 Å². The maximum atomic E-state index is 3.24. The molecule has 0 saturated carbocycles. The van der Waals surface area contributed by atoms with E-state index in [0.717, 1.165) is 0 Å². The fraction of sp³-hybridized carbons (Fsp3) is 1.00. The zero-order valence-electron chi connectivity index (χ0n) is 5.19. The van der Waals surface area contributed by atoms with Crippen molar-refractivity contribution in [2.75, 3.05) is 0 Å². The summed E-state index contributed by atoms with van der Waals surface area (Å²) in [4.78, 5) is 0. The summed E-state index contributed by atoms with van der Waals surface area (Å²) in [6, 6.07) is 0. The molecule has 0 aliphatic carbocycles. The average Bonchev–Trinajstić information content (AvgIpc) is 1.59. The quantitative estimate of drug-likeness (QED) is 0.467. The van der Waals surface area contributed by atoms with Crippen molar-refractivity contribution < 1.29 is 0 Å². The van der Waals surface area contributed by atoms with E-state index in [-0.39, 0.29) is 5.54 Å². The van der Waals surface area contributed by atoms with Crippen LogP contribution in [0.25, 0.3) is 0 Å². The fourth-order valence-corrected chi connectivity index (χ4v) is 2.08. The van der Waals surface area contributed by atoms with Crippen molar-refractivity contribution in [1.29, 1.82) is 0 Å². The number of hydrogen-bond donors (Lipinski definition) is 1. The van der Waals surface area contributed by atoms with Gasteiger partial charge in [-0.3, -0.25) is 0 Å². The van der Waals surface area contributed by atoms with Gasteiger partial charge in [0.25, 0.3) is 0 Å². The Bertz CT molecular complexity index is 61.5. The average molecular weight is 263 g/mol. The first kappa shape index (κ1) is 9.39. The molecular formula is C4H10INS2. The monoisotopic (exact) mass is 263 g/mol. The minimum absolute atomic E-state index is 0.239. The first-order valence-corrected chi connectivity index (χ1v) is 6.97. The molecule has 0 heterocycles. The van der Waals surface area contributed by atoms with Crippen LogP contribution in [0.4, 0.5) is 0 Å². The summed E-state index contributed by atoms with van der Waals surface area (Å²) in [6.07, 6.45) is 0. The van der Waals surface area contributed by atoms with Crippen molar-refractivity contribution in [3.05, 3.63) is 0 Å². The highest BCUT2D eigenvalue weighted by Gasteiger charge is 2.07. The molecule has 0 spiro atoms. The van der Waals surface area contributed by atoms with Crippen LogP contribution in [-0.4, -0.2) is 5.54 Å². The second-order valence-electron chi connectivity index (χ2n) is 2.50. The Hall–Kier alpha value is 1.39. The summed E-state index contributed by atoms with van der Waals surface area (Å²) in [5, 5.41) is 0. The van der Waals surface area contributed by atoms with Gasteiger partial charge in [-0.2, -0.15) is 0 Å². The number of halogens is 1. The van der Waals surface area contributed by atoms with E-state index in [2.05, 4.69) is 46.7 Å². The van der Waals surface area contributed by atoms with Gasteiger partial charge in [0.05, 0.1) is 0 Å². The minimum Gasteiger partial charge on any atom is -0.249 e. The topological polar surface area (TPSA) is 12.0 Å². The smallest absolute Gasteiger partial charge is 0.0206 e. The maximum Gasteiger partial charge on any atom is 0.0206 e. The highest BCUT2D eigenvalue weighted by atomic mass is 127. The lowest BCUT2D eigenvalue weighted by molar-refractivity contribution is 0.537. The third-order valence-electron chi connectivity index (χ3n) is 0.379. The largest absolute Gasteiger partial charge is 0.249 e. The molecule has 0 fully saturated rings. The molecule has 0 atom stereocenters. The normalized spacial score (nSPS) is 12.0. The van der Waals surface area contributed by atoms with Gasteiger partial charge in [0.2, 0.25) is 0 Å². The third kappa shape index (κ3) is 7.39. The molecule has 0 aromatic heterocycles. The summed E-state index contributed by atoms with van der Waals surface area (Å²) in [5.41, 5.74) is 0.239. The van der Waals surface area contributed by atoms with Gasteiger partial charge in [-0.1, -0.05) is 0 Å². The Labute approximate surface area is 70.9 Å². The molecule has 4 heteroatoms. The van der Waals surface area contributed by atoms with Gasteiger partial charge in [-0.05, 0) is 28.7 Å². The molecule has 8 heavy (non-hydrogen) atoms. The van der Waals surface area contributed by atoms with Gasteiger partial charge in [-0.15, -0.1) is 0 Å². The molecule has 0 amide bonds. The van der Waals surface area contributed by atoms with E-state index in [0.29, 0.717) is 0 Å². The molecule has 0 aromatic carbocycles. The predicted molar refractivity (Wildman–Crippen MR) is 52.1 cm³/mol. The zero-order valence-corrected chi connectivity index (χ0v) is 8.98. The first-order chi connectivity index (χ1) is 3.56. The van der Waals surface area contributed by atoms with E-state index in [1.54, 1.807) is 18.9 Å². The van der Waals surface area contributed by atoms with Gasteiger partial charge in [0.1, 0.15) is 0 Å². The van der Waals surface area contributed by atoms with Crippen LogP contribution in [0.15, 0.2) is 0 Å². The van der Waals surface area contributed by atoms with E-state index in [4.69, 9.17) is 0 Å². The highest BCUT2D eigenvalue weighted by molar-refractivity contribution is 14.2. The first-order valence-electron chi connectivity index (χ1n) is 2.28. The molecular weight excluding hydrogens is 253 g/mol. The minimum atomic E-state index is 0.239. The zero-order chi connectivity index (χ0) is 6.62. The second-order valence-corrected chi connectivity index (χ2v) is 7.11. The van der Waals surface area contributed by atoms with Crippen LogP contribution in [0.3, 0.4) is 0 Å². The van der Waals surface area contributed by atoms with Crippen LogP contribution in [0.2, 0.25) is 0 Å². The number of rotatable bonds is 2. The lowest BCUT2D eigenvalue weighted by Gasteiger charge is -2.17. The molecule has 0 radical (unpaired) electrons. The van der Waals surface area contributed by atoms with Gasteiger partial charge in [0.15, 0.2) is 0 Å². The Kier molecular flexibility index (Phi) is 4.98. The van der Waals surface area contributed by atoms with Crippen molar-refractivity contribution in [2.24, 2.45) is 0 Å². The SMILES string of the molecule is CC(C)(C)NSSI. The van der Waals surface area contributed by atoms with Crippen molar-refractivity contribution in [1.82, 2.24) is 4.72 Å². The predicted octanol–water partition coefficient (Wildman–Crippen LogP) is 3.02. The summed E-state index contributed by atoms with van der Waals surface area (Å²) >= 11 is 2.24. The number of nitrogens with one attached hydrogen (secondary N) is 1. The van der Waals surface area contributed by atoms with Gasteiger partial charge in [-0.25, -0.2) is 4.72 Å². The van der Waals surface area contributed by atoms with Crippen LogP contribution in [0.1, 0.15) is 20.8 Å². The van der Waals surface area contributed by atoms with Gasteiger partial charge >= 0.3 is 0 Å². The standard InChI is InChI=1S/C4H10INS2/c1-4(2,3)6-8-7-5/h6H,1-3H3. The van der Waals surface area contributed by atoms with E-state index in [9.17, 15) is 0 Å². The molecule has 0 bridgehead atoms. The van der Waals surface area contributed by atoms with Crippen LogP contribution < -0.4 is 4.72 Å². The Balaban J connectivity index is 3.11. The lowest BCUT2D eigenvalue weighted by atomic mass is 10.1. The Morgan fingerprint density at radius 2 is 1.88 bits per heavy atom. The second kappa shape index (κ2) is 4.24. The number of hydrogen-bond acceptors (Lipinski definition) is 3. The fourth-order valence-electron chi connectivity index (χ4n) is 0.141. The molecule has 1 N–H and O–H groups in total. The van der Waals surface area contributed by atoms with E-state index >= 15 is 0 Å². The Morgan fingerprint density at radius 3 is 2.00 bits per heavy atom. The van der Waals surface area contributed by atoms with Crippen molar-refractivity contribution >= 4 is 40.2 Å². The summed E-state index contributed by atoms with van der Waals surface area (Å²) in [6.45, 7) is 6.44. The summed E-state index contributed by atoms with van der Waals surface area (Å²) in [5.74, 6) is 0. The lowest BCUT2D eigenvalue weighted by Crippen LogP contribution is -2.28. The Morgan fingerprint density at radius 1 is 1.38 bits per heavy atom. The third-order valence-corrected chi connectivity index (χ3v) is 3.20. The van der Waals surface area contributed by atoms with Crippen molar-refractivity contribution in [3.8, 4) is 0 Å². The molecule has 0 aliphatic heterocycles. The highest BCUT2D eigenvalue weighted by Crippen LogP contribution is 2.27. The molecule has 1 nitrogen and oxygen atoms in total. The van der Waals surface area contributed by atoms with Gasteiger partial charge in [0, 0.05) is 37.7 Å². The molecule has 50 valence electrons. The van der Waals surface area contributed by atoms with E-state index in [1.807, 2.05) is 0 Å². The molecule has 0 rings (SSSR count). The molecule has 0 unspecified atom stereocenters. The summed E-state index contributed by atoms with van der Waals surface area (Å²) < 4.78 is 3.24. The van der Waals surface area contributed by atoms with Gasteiger partial charge < -0.3 is 0 Å².